The molecule has 2 aliphatic heterocycles. The molecular weight excluding hydrogens is 264 g/mol. The minimum Gasteiger partial charge on any atom is -0.353 e. The Hall–Kier alpha value is -1.62. The average Bonchev–Trinajstić information content (AvgIpc) is 3.07. The van der Waals surface area contributed by atoms with Crippen molar-refractivity contribution in [1.82, 2.24) is 15.2 Å². The van der Waals surface area contributed by atoms with E-state index in [2.05, 4.69) is 15.2 Å². The SMILES string of the molecule is O=C(CCC1CCCN1)N1CCN(c2ccccn2)CC1. The fourth-order valence-corrected chi connectivity index (χ4v) is 3.18. The van der Waals surface area contributed by atoms with Gasteiger partial charge in [-0.15, -0.1) is 0 Å². The molecule has 0 bridgehead atoms. The summed E-state index contributed by atoms with van der Waals surface area (Å²) in [5.74, 6) is 1.32. The molecule has 5 nitrogen and oxygen atoms in total. The van der Waals surface area contributed by atoms with Crippen LogP contribution < -0.4 is 10.2 Å². The lowest BCUT2D eigenvalue weighted by Crippen LogP contribution is -2.49. The smallest absolute Gasteiger partial charge is 0.222 e. The van der Waals surface area contributed by atoms with Gasteiger partial charge in [-0.1, -0.05) is 6.07 Å². The number of rotatable bonds is 4. The Bertz CT molecular complexity index is 451. The molecule has 0 spiro atoms. The van der Waals surface area contributed by atoms with E-state index in [0.717, 1.165) is 45.0 Å². The number of aromatic nitrogens is 1. The monoisotopic (exact) mass is 288 g/mol. The predicted molar refractivity (Wildman–Crippen MR) is 83.3 cm³/mol. The quantitative estimate of drug-likeness (QED) is 0.906. The lowest BCUT2D eigenvalue weighted by atomic mass is 10.1. The van der Waals surface area contributed by atoms with E-state index in [1.807, 2.05) is 29.3 Å². The Morgan fingerprint density at radius 3 is 2.81 bits per heavy atom. The number of nitrogens with zero attached hydrogens (tertiary/aromatic N) is 3. The standard InChI is InChI=1S/C16H24N4O/c21-16(7-6-14-4-3-9-17-14)20-12-10-19(11-13-20)15-5-1-2-8-18-15/h1-2,5,8,14,17H,3-4,6-7,9-13H2. The van der Waals surface area contributed by atoms with Crippen LogP contribution in [0.4, 0.5) is 5.82 Å². The molecule has 3 heterocycles. The van der Waals surface area contributed by atoms with Crippen LogP contribution in [0.2, 0.25) is 0 Å². The largest absolute Gasteiger partial charge is 0.353 e. The summed E-state index contributed by atoms with van der Waals surface area (Å²) in [6, 6.07) is 6.53. The highest BCUT2D eigenvalue weighted by atomic mass is 16.2. The first kappa shape index (κ1) is 14.3. The summed E-state index contributed by atoms with van der Waals surface area (Å²) in [6.07, 6.45) is 5.96. The van der Waals surface area contributed by atoms with Crippen LogP contribution in [0, 0.1) is 0 Å². The van der Waals surface area contributed by atoms with Crippen molar-refractivity contribution >= 4 is 11.7 Å². The molecule has 0 aromatic carbocycles. The normalized spacial score (nSPS) is 22.6. The van der Waals surface area contributed by atoms with Crippen molar-refractivity contribution < 1.29 is 4.79 Å². The van der Waals surface area contributed by atoms with Crippen LogP contribution in [-0.4, -0.2) is 54.6 Å². The molecule has 1 aromatic rings. The van der Waals surface area contributed by atoms with Gasteiger partial charge in [0.15, 0.2) is 0 Å². The van der Waals surface area contributed by atoms with Crippen molar-refractivity contribution in [1.29, 1.82) is 0 Å². The summed E-state index contributed by atoms with van der Waals surface area (Å²) in [5.41, 5.74) is 0. The van der Waals surface area contributed by atoms with E-state index in [4.69, 9.17) is 0 Å². The highest BCUT2D eigenvalue weighted by Gasteiger charge is 2.23. The van der Waals surface area contributed by atoms with E-state index in [1.54, 1.807) is 0 Å². The zero-order chi connectivity index (χ0) is 14.5. The summed E-state index contributed by atoms with van der Waals surface area (Å²) < 4.78 is 0. The van der Waals surface area contributed by atoms with E-state index in [1.165, 1.54) is 12.8 Å². The molecule has 0 radical (unpaired) electrons. The van der Waals surface area contributed by atoms with Gasteiger partial charge < -0.3 is 15.1 Å². The summed E-state index contributed by atoms with van der Waals surface area (Å²) in [7, 11) is 0. The third kappa shape index (κ3) is 3.73. The number of nitrogens with one attached hydrogen (secondary N) is 1. The highest BCUT2D eigenvalue weighted by molar-refractivity contribution is 5.76. The summed E-state index contributed by atoms with van der Waals surface area (Å²) in [6.45, 7) is 4.50. The molecule has 5 heteroatoms. The fraction of sp³-hybridized carbons (Fsp3) is 0.625. The maximum Gasteiger partial charge on any atom is 0.222 e. The third-order valence-electron chi connectivity index (χ3n) is 4.47. The molecule has 2 fully saturated rings. The first-order valence-electron chi connectivity index (χ1n) is 8.00. The van der Waals surface area contributed by atoms with Crippen LogP contribution in [0.3, 0.4) is 0 Å². The van der Waals surface area contributed by atoms with Crippen molar-refractivity contribution in [2.45, 2.75) is 31.7 Å². The maximum atomic E-state index is 12.3. The summed E-state index contributed by atoms with van der Waals surface area (Å²) in [5, 5.41) is 3.46. The van der Waals surface area contributed by atoms with Gasteiger partial charge in [-0.3, -0.25) is 4.79 Å². The molecule has 0 saturated carbocycles. The molecule has 1 amide bonds. The van der Waals surface area contributed by atoms with Gasteiger partial charge in [-0.05, 0) is 37.9 Å². The Balaban J connectivity index is 1.43. The van der Waals surface area contributed by atoms with Gasteiger partial charge in [-0.25, -0.2) is 4.98 Å². The topological polar surface area (TPSA) is 48.5 Å². The number of pyridine rings is 1. The van der Waals surface area contributed by atoms with Crippen LogP contribution in [0.1, 0.15) is 25.7 Å². The first-order valence-corrected chi connectivity index (χ1v) is 8.00. The molecule has 1 unspecified atom stereocenters. The predicted octanol–water partition coefficient (Wildman–Crippen LogP) is 1.26. The fourth-order valence-electron chi connectivity index (χ4n) is 3.18. The summed E-state index contributed by atoms with van der Waals surface area (Å²) in [4.78, 5) is 20.9. The molecule has 1 aromatic heterocycles. The second-order valence-electron chi connectivity index (χ2n) is 5.89. The lowest BCUT2D eigenvalue weighted by Gasteiger charge is -2.35. The first-order chi connectivity index (χ1) is 10.3. The Morgan fingerprint density at radius 1 is 1.29 bits per heavy atom. The van der Waals surface area contributed by atoms with Crippen molar-refractivity contribution in [3.63, 3.8) is 0 Å². The third-order valence-corrected chi connectivity index (χ3v) is 4.47. The highest BCUT2D eigenvalue weighted by Crippen LogP contribution is 2.15. The van der Waals surface area contributed by atoms with Gasteiger partial charge in [0.1, 0.15) is 5.82 Å². The Morgan fingerprint density at radius 2 is 2.14 bits per heavy atom. The molecule has 3 rings (SSSR count). The van der Waals surface area contributed by atoms with Crippen LogP contribution in [-0.2, 0) is 4.79 Å². The van der Waals surface area contributed by atoms with E-state index in [9.17, 15) is 4.79 Å². The molecule has 0 aliphatic carbocycles. The molecule has 21 heavy (non-hydrogen) atoms. The van der Waals surface area contributed by atoms with Gasteiger partial charge in [-0.2, -0.15) is 0 Å². The Kier molecular flexibility index (Phi) is 4.70. The van der Waals surface area contributed by atoms with Crippen LogP contribution in [0.5, 0.6) is 0 Å². The van der Waals surface area contributed by atoms with Crippen LogP contribution >= 0.6 is 0 Å². The van der Waals surface area contributed by atoms with Crippen molar-refractivity contribution in [3.8, 4) is 0 Å². The number of amides is 1. The zero-order valence-electron chi connectivity index (χ0n) is 12.5. The number of carbonyl (C=O) groups is 1. The van der Waals surface area contributed by atoms with E-state index in [-0.39, 0.29) is 0 Å². The zero-order valence-corrected chi connectivity index (χ0v) is 12.5. The van der Waals surface area contributed by atoms with Crippen LogP contribution in [0.25, 0.3) is 0 Å². The molecule has 1 N–H and O–H groups in total. The lowest BCUT2D eigenvalue weighted by molar-refractivity contribution is -0.131. The average molecular weight is 288 g/mol. The van der Waals surface area contributed by atoms with Crippen LogP contribution in [0.15, 0.2) is 24.4 Å². The Labute approximate surface area is 126 Å². The number of hydrogen-bond acceptors (Lipinski definition) is 4. The molecule has 114 valence electrons. The molecule has 2 saturated heterocycles. The van der Waals surface area contributed by atoms with Crippen molar-refractivity contribution in [3.05, 3.63) is 24.4 Å². The maximum absolute atomic E-state index is 12.3. The van der Waals surface area contributed by atoms with Gasteiger partial charge in [0.05, 0.1) is 0 Å². The van der Waals surface area contributed by atoms with E-state index >= 15 is 0 Å². The number of anilines is 1. The summed E-state index contributed by atoms with van der Waals surface area (Å²) >= 11 is 0. The molecular formula is C16H24N4O. The van der Waals surface area contributed by atoms with Gasteiger partial charge in [0.25, 0.3) is 0 Å². The van der Waals surface area contributed by atoms with Gasteiger partial charge >= 0.3 is 0 Å². The minimum absolute atomic E-state index is 0.310. The molecule has 2 aliphatic rings. The van der Waals surface area contributed by atoms with Crippen molar-refractivity contribution in [2.75, 3.05) is 37.6 Å². The van der Waals surface area contributed by atoms with Gasteiger partial charge in [0, 0.05) is 44.8 Å². The second-order valence-corrected chi connectivity index (χ2v) is 5.89. The number of carbonyl (C=O) groups excluding carboxylic acids is 1. The van der Waals surface area contributed by atoms with Gasteiger partial charge in [0.2, 0.25) is 5.91 Å². The number of piperazine rings is 1. The van der Waals surface area contributed by atoms with E-state index < -0.39 is 0 Å². The second kappa shape index (κ2) is 6.89. The molecule has 1 atom stereocenters. The van der Waals surface area contributed by atoms with Crippen molar-refractivity contribution in [2.24, 2.45) is 0 Å². The number of hydrogen-bond donors (Lipinski definition) is 1. The van der Waals surface area contributed by atoms with E-state index in [0.29, 0.717) is 18.4 Å². The minimum atomic E-state index is 0.310.